The van der Waals surface area contributed by atoms with Gasteiger partial charge in [0.15, 0.2) is 0 Å². The zero-order chi connectivity index (χ0) is 14.4. The van der Waals surface area contributed by atoms with Gasteiger partial charge in [-0.15, -0.1) is 0 Å². The second-order valence-electron chi connectivity index (χ2n) is 4.62. The summed E-state index contributed by atoms with van der Waals surface area (Å²) in [6.45, 7) is 2.80. The molecule has 19 heavy (non-hydrogen) atoms. The summed E-state index contributed by atoms with van der Waals surface area (Å²) in [6.07, 6.45) is 0. The van der Waals surface area contributed by atoms with E-state index in [-0.39, 0.29) is 5.97 Å². The maximum atomic E-state index is 11.3. The van der Waals surface area contributed by atoms with E-state index in [2.05, 4.69) is 4.74 Å². The van der Waals surface area contributed by atoms with Gasteiger partial charge in [-0.05, 0) is 24.7 Å². The molecule has 0 saturated carbocycles. The highest BCUT2D eigenvalue weighted by Crippen LogP contribution is 2.09. The molecule has 0 fully saturated rings. The molecule has 0 saturated heterocycles. The van der Waals surface area contributed by atoms with Crippen molar-refractivity contribution >= 4 is 11.9 Å². The third-order valence-electron chi connectivity index (χ3n) is 2.83. The average molecular weight is 265 g/mol. The van der Waals surface area contributed by atoms with Gasteiger partial charge in [0.05, 0.1) is 18.6 Å². The summed E-state index contributed by atoms with van der Waals surface area (Å²) < 4.78 is 4.62. The Balaban J connectivity index is 2.58. The van der Waals surface area contributed by atoms with Crippen molar-refractivity contribution in [3.63, 3.8) is 0 Å². The first-order chi connectivity index (χ1) is 8.93. The number of ether oxygens (including phenoxy) is 1. The minimum Gasteiger partial charge on any atom is -0.481 e. The lowest BCUT2D eigenvalue weighted by Crippen LogP contribution is -2.28. The molecule has 1 N–H and O–H groups in total. The number of carbonyl (C=O) groups excluding carboxylic acids is 1. The van der Waals surface area contributed by atoms with Crippen LogP contribution in [-0.4, -0.2) is 42.6 Å². The number of hydrogen-bond donors (Lipinski definition) is 1. The van der Waals surface area contributed by atoms with Crippen molar-refractivity contribution in [2.45, 2.75) is 13.5 Å². The lowest BCUT2D eigenvalue weighted by molar-refractivity contribution is -0.141. The third kappa shape index (κ3) is 4.71. The Bertz CT molecular complexity index is 441. The van der Waals surface area contributed by atoms with Gasteiger partial charge in [0.2, 0.25) is 0 Å². The number of esters is 1. The molecular formula is C14H19NO4. The number of carboxylic acid groups (broad SMARTS) is 1. The molecule has 1 atom stereocenters. The predicted octanol–water partition coefficient (Wildman–Crippen LogP) is 1.63. The normalized spacial score (nSPS) is 12.2. The Morgan fingerprint density at radius 3 is 2.37 bits per heavy atom. The Labute approximate surface area is 112 Å². The molecule has 1 rings (SSSR count). The van der Waals surface area contributed by atoms with Crippen LogP contribution in [0.3, 0.4) is 0 Å². The zero-order valence-corrected chi connectivity index (χ0v) is 11.4. The summed E-state index contributed by atoms with van der Waals surface area (Å²) in [5.41, 5.74) is 1.53. The molecule has 104 valence electrons. The smallest absolute Gasteiger partial charge is 0.337 e. The lowest BCUT2D eigenvalue weighted by Gasteiger charge is -2.19. The lowest BCUT2D eigenvalue weighted by atomic mass is 10.1. The first-order valence-electron chi connectivity index (χ1n) is 6.02. The van der Waals surface area contributed by atoms with Gasteiger partial charge in [-0.25, -0.2) is 4.79 Å². The SMILES string of the molecule is COC(=O)c1ccc(CN(C)CC(C)C(=O)O)cc1. The van der Waals surface area contributed by atoms with Gasteiger partial charge in [-0.2, -0.15) is 0 Å². The van der Waals surface area contributed by atoms with E-state index in [0.717, 1.165) is 5.56 Å². The fourth-order valence-electron chi connectivity index (χ4n) is 1.79. The van der Waals surface area contributed by atoms with E-state index in [1.165, 1.54) is 7.11 Å². The number of carboxylic acids is 1. The molecule has 0 aliphatic heterocycles. The van der Waals surface area contributed by atoms with Gasteiger partial charge >= 0.3 is 11.9 Å². The Morgan fingerprint density at radius 1 is 1.32 bits per heavy atom. The molecule has 0 bridgehead atoms. The highest BCUT2D eigenvalue weighted by molar-refractivity contribution is 5.89. The quantitative estimate of drug-likeness (QED) is 0.792. The van der Waals surface area contributed by atoms with E-state index in [0.29, 0.717) is 18.7 Å². The molecular weight excluding hydrogens is 246 g/mol. The van der Waals surface area contributed by atoms with Crippen LogP contribution in [0, 0.1) is 5.92 Å². The summed E-state index contributed by atoms with van der Waals surface area (Å²) in [6, 6.07) is 7.09. The van der Waals surface area contributed by atoms with Crippen LogP contribution in [-0.2, 0) is 16.1 Å². The second kappa shape index (κ2) is 6.89. The molecule has 5 heteroatoms. The van der Waals surface area contributed by atoms with E-state index < -0.39 is 11.9 Å². The molecule has 0 heterocycles. The van der Waals surface area contributed by atoms with Crippen molar-refractivity contribution in [1.82, 2.24) is 4.90 Å². The first kappa shape index (κ1) is 15.2. The fraction of sp³-hybridized carbons (Fsp3) is 0.429. The van der Waals surface area contributed by atoms with E-state index in [4.69, 9.17) is 5.11 Å². The molecule has 0 spiro atoms. The molecule has 1 aromatic rings. The van der Waals surface area contributed by atoms with Crippen LogP contribution in [0.25, 0.3) is 0 Å². The van der Waals surface area contributed by atoms with Crippen LogP contribution < -0.4 is 0 Å². The number of aliphatic carboxylic acids is 1. The van der Waals surface area contributed by atoms with Crippen molar-refractivity contribution in [1.29, 1.82) is 0 Å². The van der Waals surface area contributed by atoms with Crippen LogP contribution >= 0.6 is 0 Å². The highest BCUT2D eigenvalue weighted by atomic mass is 16.5. The van der Waals surface area contributed by atoms with Crippen molar-refractivity contribution < 1.29 is 19.4 Å². The van der Waals surface area contributed by atoms with Crippen molar-refractivity contribution in [2.24, 2.45) is 5.92 Å². The zero-order valence-electron chi connectivity index (χ0n) is 11.4. The standard InChI is InChI=1S/C14H19NO4/c1-10(13(16)17)8-15(2)9-11-4-6-12(7-5-11)14(18)19-3/h4-7,10H,8-9H2,1-3H3,(H,16,17). The summed E-state index contributed by atoms with van der Waals surface area (Å²) in [4.78, 5) is 24.0. The topological polar surface area (TPSA) is 66.8 Å². The van der Waals surface area contributed by atoms with Crippen molar-refractivity contribution in [2.75, 3.05) is 20.7 Å². The average Bonchev–Trinajstić information content (AvgIpc) is 2.38. The summed E-state index contributed by atoms with van der Waals surface area (Å²) in [7, 11) is 3.21. The van der Waals surface area contributed by atoms with E-state index in [1.807, 2.05) is 24.1 Å². The van der Waals surface area contributed by atoms with E-state index >= 15 is 0 Å². The van der Waals surface area contributed by atoms with Gasteiger partial charge in [-0.3, -0.25) is 4.79 Å². The van der Waals surface area contributed by atoms with Crippen molar-refractivity contribution in [3.8, 4) is 0 Å². The van der Waals surface area contributed by atoms with Gasteiger partial charge in [0, 0.05) is 13.1 Å². The van der Waals surface area contributed by atoms with Gasteiger partial charge in [0.25, 0.3) is 0 Å². The summed E-state index contributed by atoms with van der Waals surface area (Å²) in [5.74, 6) is -1.56. The molecule has 0 aromatic heterocycles. The largest absolute Gasteiger partial charge is 0.481 e. The maximum Gasteiger partial charge on any atom is 0.337 e. The van der Waals surface area contributed by atoms with Gasteiger partial charge in [-0.1, -0.05) is 19.1 Å². The molecule has 1 unspecified atom stereocenters. The third-order valence-corrected chi connectivity index (χ3v) is 2.83. The number of hydrogen-bond acceptors (Lipinski definition) is 4. The molecule has 5 nitrogen and oxygen atoms in total. The minimum absolute atomic E-state index is 0.362. The van der Waals surface area contributed by atoms with Crippen molar-refractivity contribution in [3.05, 3.63) is 35.4 Å². The van der Waals surface area contributed by atoms with Crippen LogP contribution in [0.4, 0.5) is 0 Å². The van der Waals surface area contributed by atoms with E-state index in [9.17, 15) is 9.59 Å². The second-order valence-corrected chi connectivity index (χ2v) is 4.62. The number of rotatable bonds is 6. The number of carbonyl (C=O) groups is 2. The Morgan fingerprint density at radius 2 is 1.89 bits per heavy atom. The molecule has 0 radical (unpaired) electrons. The predicted molar refractivity (Wildman–Crippen MR) is 70.9 cm³/mol. The maximum absolute atomic E-state index is 11.3. The molecule has 0 amide bonds. The number of methoxy groups -OCH3 is 1. The van der Waals surface area contributed by atoms with Crippen LogP contribution in [0.5, 0.6) is 0 Å². The number of benzene rings is 1. The van der Waals surface area contributed by atoms with Crippen LogP contribution in [0.2, 0.25) is 0 Å². The Hall–Kier alpha value is -1.88. The minimum atomic E-state index is -0.798. The van der Waals surface area contributed by atoms with Crippen LogP contribution in [0.15, 0.2) is 24.3 Å². The highest BCUT2D eigenvalue weighted by Gasteiger charge is 2.13. The summed E-state index contributed by atoms with van der Waals surface area (Å²) >= 11 is 0. The van der Waals surface area contributed by atoms with Gasteiger partial charge in [0.1, 0.15) is 0 Å². The number of nitrogens with zero attached hydrogens (tertiary/aromatic N) is 1. The van der Waals surface area contributed by atoms with Crippen LogP contribution in [0.1, 0.15) is 22.8 Å². The Kier molecular flexibility index (Phi) is 5.51. The molecule has 1 aromatic carbocycles. The summed E-state index contributed by atoms with van der Waals surface area (Å²) in [5, 5.41) is 8.84. The van der Waals surface area contributed by atoms with Gasteiger partial charge < -0.3 is 14.7 Å². The van der Waals surface area contributed by atoms with E-state index in [1.54, 1.807) is 19.1 Å². The first-order valence-corrected chi connectivity index (χ1v) is 6.02. The molecule has 0 aliphatic carbocycles. The fourth-order valence-corrected chi connectivity index (χ4v) is 1.79. The molecule has 0 aliphatic rings. The monoisotopic (exact) mass is 265 g/mol.